The molecule has 0 atom stereocenters. The van der Waals surface area contributed by atoms with Crippen molar-refractivity contribution < 1.29 is 4.79 Å². The second-order valence-corrected chi connectivity index (χ2v) is 5.57. The third-order valence-corrected chi connectivity index (χ3v) is 3.73. The first-order chi connectivity index (χ1) is 9.81. The number of nitrogens with zero attached hydrogens (tertiary/aromatic N) is 2. The number of pyridine rings is 1. The Kier molecular flexibility index (Phi) is 5.99. The van der Waals surface area contributed by atoms with Crippen LogP contribution < -0.4 is 5.73 Å². The Morgan fingerprint density at radius 3 is 2.75 bits per heavy atom. The first-order valence-corrected chi connectivity index (χ1v) is 7.69. The summed E-state index contributed by atoms with van der Waals surface area (Å²) in [6, 6.07) is 4.43. The third kappa shape index (κ3) is 4.93. The molecule has 1 aliphatic carbocycles. The van der Waals surface area contributed by atoms with Gasteiger partial charge in [-0.2, -0.15) is 0 Å². The highest BCUT2D eigenvalue weighted by atomic mass is 16.2. The normalized spacial score (nSPS) is 14.2. The minimum absolute atomic E-state index is 0.295. The molecule has 1 heterocycles. The molecule has 0 unspecified atom stereocenters. The topological polar surface area (TPSA) is 59.2 Å². The number of amides is 1. The molecule has 0 radical (unpaired) electrons. The first-order valence-electron chi connectivity index (χ1n) is 7.69. The maximum atomic E-state index is 12.3. The summed E-state index contributed by atoms with van der Waals surface area (Å²) < 4.78 is 0. The lowest BCUT2D eigenvalue weighted by molar-refractivity contribution is -0.132. The molecule has 20 heavy (non-hydrogen) atoms. The zero-order valence-electron chi connectivity index (χ0n) is 12.1. The van der Waals surface area contributed by atoms with Crippen LogP contribution in [0.3, 0.4) is 0 Å². The summed E-state index contributed by atoms with van der Waals surface area (Å²) in [6.07, 6.45) is 10.9. The number of carbonyl (C=O) groups excluding carboxylic acids is 1. The van der Waals surface area contributed by atoms with Gasteiger partial charge in [-0.1, -0.05) is 18.9 Å². The van der Waals surface area contributed by atoms with E-state index in [4.69, 9.17) is 5.73 Å². The van der Waals surface area contributed by atoms with Crippen LogP contribution in [-0.2, 0) is 11.3 Å². The quantitative estimate of drug-likeness (QED) is 0.704. The molecule has 2 N–H and O–H groups in total. The van der Waals surface area contributed by atoms with E-state index in [0.717, 1.165) is 50.6 Å². The van der Waals surface area contributed by atoms with Gasteiger partial charge in [0.15, 0.2) is 0 Å². The number of aromatic nitrogens is 1. The molecule has 0 spiro atoms. The van der Waals surface area contributed by atoms with Crippen molar-refractivity contribution in [3.05, 3.63) is 30.1 Å². The highest BCUT2D eigenvalue weighted by Gasteiger charge is 2.32. The van der Waals surface area contributed by atoms with Crippen LogP contribution in [0.1, 0.15) is 50.5 Å². The molecule has 0 aliphatic heterocycles. The summed E-state index contributed by atoms with van der Waals surface area (Å²) in [5.41, 5.74) is 6.59. The lowest BCUT2D eigenvalue weighted by atomic mass is 10.1. The number of rotatable bonds is 9. The SMILES string of the molecule is NCCCCCCC(=O)N(Cc1cccnc1)C1CC1. The largest absolute Gasteiger partial charge is 0.335 e. The van der Waals surface area contributed by atoms with Gasteiger partial charge in [0.2, 0.25) is 5.91 Å². The molecule has 1 amide bonds. The predicted molar refractivity (Wildman–Crippen MR) is 79.9 cm³/mol. The van der Waals surface area contributed by atoms with Crippen molar-refractivity contribution in [3.63, 3.8) is 0 Å². The predicted octanol–water partition coefficient (Wildman–Crippen LogP) is 2.48. The van der Waals surface area contributed by atoms with Gasteiger partial charge in [0.25, 0.3) is 0 Å². The average molecular weight is 275 g/mol. The lowest BCUT2D eigenvalue weighted by Crippen LogP contribution is -2.32. The molecule has 0 saturated heterocycles. The number of hydrogen-bond donors (Lipinski definition) is 1. The zero-order valence-corrected chi connectivity index (χ0v) is 12.1. The van der Waals surface area contributed by atoms with Crippen LogP contribution in [-0.4, -0.2) is 28.4 Å². The molecule has 1 aliphatic rings. The maximum absolute atomic E-state index is 12.3. The summed E-state index contributed by atoms with van der Waals surface area (Å²) in [4.78, 5) is 18.5. The minimum atomic E-state index is 0.295. The van der Waals surface area contributed by atoms with Crippen molar-refractivity contribution in [3.8, 4) is 0 Å². The Hall–Kier alpha value is -1.42. The molecule has 110 valence electrons. The molecular formula is C16H25N3O. The van der Waals surface area contributed by atoms with Gasteiger partial charge >= 0.3 is 0 Å². The van der Waals surface area contributed by atoms with E-state index >= 15 is 0 Å². The Morgan fingerprint density at radius 1 is 1.30 bits per heavy atom. The molecule has 1 aromatic rings. The fourth-order valence-corrected chi connectivity index (χ4v) is 2.41. The average Bonchev–Trinajstić information content (AvgIpc) is 3.30. The van der Waals surface area contributed by atoms with E-state index in [2.05, 4.69) is 4.98 Å². The van der Waals surface area contributed by atoms with E-state index in [-0.39, 0.29) is 0 Å². The summed E-state index contributed by atoms with van der Waals surface area (Å²) in [5.74, 6) is 0.295. The van der Waals surface area contributed by atoms with Crippen molar-refractivity contribution in [2.75, 3.05) is 6.54 Å². The highest BCUT2D eigenvalue weighted by Crippen LogP contribution is 2.29. The molecule has 1 saturated carbocycles. The number of nitrogens with two attached hydrogens (primary N) is 1. The Morgan fingerprint density at radius 2 is 2.10 bits per heavy atom. The van der Waals surface area contributed by atoms with Gasteiger partial charge in [-0.05, 0) is 43.9 Å². The van der Waals surface area contributed by atoms with Crippen molar-refractivity contribution in [1.82, 2.24) is 9.88 Å². The van der Waals surface area contributed by atoms with Crippen LogP contribution in [0.15, 0.2) is 24.5 Å². The van der Waals surface area contributed by atoms with Crippen molar-refractivity contribution in [2.45, 2.75) is 57.5 Å². The molecule has 1 aromatic heterocycles. The standard InChI is InChI=1S/C16H25N3O/c17-10-4-2-1-3-7-16(20)19(15-8-9-15)13-14-6-5-11-18-12-14/h5-6,11-12,15H,1-4,7-10,13,17H2. The van der Waals surface area contributed by atoms with Crippen molar-refractivity contribution in [1.29, 1.82) is 0 Å². The first kappa shape index (κ1) is 15.0. The zero-order chi connectivity index (χ0) is 14.2. The monoisotopic (exact) mass is 275 g/mol. The molecule has 0 bridgehead atoms. The summed E-state index contributed by atoms with van der Waals surface area (Å²) in [5, 5.41) is 0. The molecule has 4 nitrogen and oxygen atoms in total. The number of carbonyl (C=O) groups is 1. The van der Waals surface area contributed by atoms with E-state index in [0.29, 0.717) is 24.9 Å². The van der Waals surface area contributed by atoms with E-state index in [1.54, 1.807) is 6.20 Å². The van der Waals surface area contributed by atoms with Gasteiger partial charge in [0.1, 0.15) is 0 Å². The van der Waals surface area contributed by atoms with Gasteiger partial charge in [-0.15, -0.1) is 0 Å². The fourth-order valence-electron chi connectivity index (χ4n) is 2.41. The molecule has 4 heteroatoms. The van der Waals surface area contributed by atoms with Gasteiger partial charge in [0.05, 0.1) is 0 Å². The van der Waals surface area contributed by atoms with Crippen molar-refractivity contribution >= 4 is 5.91 Å². The van der Waals surface area contributed by atoms with E-state index in [9.17, 15) is 4.79 Å². The van der Waals surface area contributed by atoms with E-state index in [1.165, 1.54) is 0 Å². The molecule has 0 aromatic carbocycles. The van der Waals surface area contributed by atoms with Crippen molar-refractivity contribution in [2.24, 2.45) is 5.73 Å². The molecule has 2 rings (SSSR count). The van der Waals surface area contributed by atoms with E-state index < -0.39 is 0 Å². The van der Waals surface area contributed by atoms with Crippen LogP contribution in [0.4, 0.5) is 0 Å². The number of hydrogen-bond acceptors (Lipinski definition) is 3. The summed E-state index contributed by atoms with van der Waals surface area (Å²) in [6.45, 7) is 1.46. The molecule has 1 fully saturated rings. The summed E-state index contributed by atoms with van der Waals surface area (Å²) >= 11 is 0. The van der Waals surface area contributed by atoms with E-state index in [1.807, 2.05) is 23.2 Å². The summed E-state index contributed by atoms with van der Waals surface area (Å²) in [7, 11) is 0. The Balaban J connectivity index is 1.78. The Bertz CT molecular complexity index is 403. The van der Waals surface area contributed by atoms with Crippen LogP contribution in [0.5, 0.6) is 0 Å². The fraction of sp³-hybridized carbons (Fsp3) is 0.625. The molecular weight excluding hydrogens is 250 g/mol. The third-order valence-electron chi connectivity index (χ3n) is 3.73. The highest BCUT2D eigenvalue weighted by molar-refractivity contribution is 5.76. The van der Waals surface area contributed by atoms with Gasteiger partial charge in [0, 0.05) is 31.4 Å². The Labute approximate surface area is 121 Å². The van der Waals surface area contributed by atoms with Crippen LogP contribution in [0, 0.1) is 0 Å². The van der Waals surface area contributed by atoms with Crippen LogP contribution >= 0.6 is 0 Å². The van der Waals surface area contributed by atoms with Gasteiger partial charge in [-0.25, -0.2) is 0 Å². The second-order valence-electron chi connectivity index (χ2n) is 5.57. The second kappa shape index (κ2) is 8.00. The minimum Gasteiger partial charge on any atom is -0.335 e. The number of unbranched alkanes of at least 4 members (excludes halogenated alkanes) is 3. The lowest BCUT2D eigenvalue weighted by Gasteiger charge is -2.22. The smallest absolute Gasteiger partial charge is 0.223 e. The van der Waals surface area contributed by atoms with Gasteiger partial charge in [-0.3, -0.25) is 9.78 Å². The van der Waals surface area contributed by atoms with Crippen LogP contribution in [0.25, 0.3) is 0 Å². The van der Waals surface area contributed by atoms with Crippen LogP contribution in [0.2, 0.25) is 0 Å². The maximum Gasteiger partial charge on any atom is 0.223 e. The van der Waals surface area contributed by atoms with Gasteiger partial charge < -0.3 is 10.6 Å².